The third-order valence-corrected chi connectivity index (χ3v) is 4.58. The number of hydrogen-bond acceptors (Lipinski definition) is 2. The van der Waals surface area contributed by atoms with Crippen molar-refractivity contribution < 1.29 is 14.0 Å². The van der Waals surface area contributed by atoms with E-state index in [1.165, 1.54) is 19.1 Å². The molecule has 0 aliphatic heterocycles. The Bertz CT molecular complexity index is 793. The molecule has 5 heteroatoms. The SMILES string of the molecule is CC(=O)N(CCC(=O)Nc1c(C)cc(C)cc1C)CCc1ccc(F)cc1. The number of aryl methyl sites for hydroxylation is 3. The van der Waals surface area contributed by atoms with Gasteiger partial charge in [-0.25, -0.2) is 4.39 Å². The number of anilines is 1. The predicted molar refractivity (Wildman–Crippen MR) is 106 cm³/mol. The lowest BCUT2D eigenvalue weighted by Gasteiger charge is -2.21. The van der Waals surface area contributed by atoms with Gasteiger partial charge in [0.15, 0.2) is 0 Å². The van der Waals surface area contributed by atoms with Gasteiger partial charge in [0.1, 0.15) is 5.82 Å². The molecular weight excluding hydrogens is 343 g/mol. The van der Waals surface area contributed by atoms with Crippen LogP contribution >= 0.6 is 0 Å². The Hall–Kier alpha value is -2.69. The van der Waals surface area contributed by atoms with Crippen LogP contribution in [0.1, 0.15) is 35.6 Å². The summed E-state index contributed by atoms with van der Waals surface area (Å²) < 4.78 is 13.0. The Morgan fingerprint density at radius 2 is 1.59 bits per heavy atom. The Morgan fingerprint density at radius 3 is 2.15 bits per heavy atom. The quantitative estimate of drug-likeness (QED) is 0.795. The first-order valence-corrected chi connectivity index (χ1v) is 9.14. The van der Waals surface area contributed by atoms with E-state index in [0.717, 1.165) is 27.9 Å². The lowest BCUT2D eigenvalue weighted by atomic mass is 10.0. The van der Waals surface area contributed by atoms with Crippen LogP contribution < -0.4 is 5.32 Å². The molecule has 144 valence electrons. The van der Waals surface area contributed by atoms with Crippen molar-refractivity contribution in [3.05, 3.63) is 64.5 Å². The predicted octanol–water partition coefficient (Wildman–Crippen LogP) is 4.17. The van der Waals surface area contributed by atoms with Gasteiger partial charge in [0, 0.05) is 32.1 Å². The first kappa shape index (κ1) is 20.6. The summed E-state index contributed by atoms with van der Waals surface area (Å²) in [7, 11) is 0. The van der Waals surface area contributed by atoms with Crippen molar-refractivity contribution >= 4 is 17.5 Å². The zero-order valence-corrected chi connectivity index (χ0v) is 16.4. The lowest BCUT2D eigenvalue weighted by Crippen LogP contribution is -2.33. The van der Waals surface area contributed by atoms with Gasteiger partial charge in [-0.2, -0.15) is 0 Å². The number of benzene rings is 2. The number of carbonyl (C=O) groups excluding carboxylic acids is 2. The second kappa shape index (κ2) is 9.31. The van der Waals surface area contributed by atoms with Gasteiger partial charge < -0.3 is 10.2 Å². The Morgan fingerprint density at radius 1 is 1.00 bits per heavy atom. The van der Waals surface area contributed by atoms with Crippen LogP contribution in [0.2, 0.25) is 0 Å². The molecule has 0 heterocycles. The van der Waals surface area contributed by atoms with Crippen molar-refractivity contribution in [3.63, 3.8) is 0 Å². The van der Waals surface area contributed by atoms with Gasteiger partial charge in [0.25, 0.3) is 0 Å². The summed E-state index contributed by atoms with van der Waals surface area (Å²) in [6, 6.07) is 10.3. The number of rotatable bonds is 7. The fourth-order valence-corrected chi connectivity index (χ4v) is 3.16. The molecule has 2 aromatic carbocycles. The average Bonchev–Trinajstić information content (AvgIpc) is 2.59. The Kier molecular flexibility index (Phi) is 7.11. The van der Waals surface area contributed by atoms with E-state index in [1.807, 2.05) is 32.9 Å². The maximum atomic E-state index is 13.0. The number of halogens is 1. The third kappa shape index (κ3) is 6.20. The van der Waals surface area contributed by atoms with Crippen molar-refractivity contribution in [1.29, 1.82) is 0 Å². The summed E-state index contributed by atoms with van der Waals surface area (Å²) in [5, 5.41) is 2.96. The molecule has 0 radical (unpaired) electrons. The molecule has 2 amide bonds. The van der Waals surface area contributed by atoms with Crippen LogP contribution in [0.4, 0.5) is 10.1 Å². The number of amides is 2. The summed E-state index contributed by atoms with van der Waals surface area (Å²) >= 11 is 0. The van der Waals surface area contributed by atoms with Crippen LogP contribution in [-0.2, 0) is 16.0 Å². The molecule has 2 aromatic rings. The number of hydrogen-bond donors (Lipinski definition) is 1. The molecule has 0 unspecified atom stereocenters. The molecule has 1 N–H and O–H groups in total. The summed E-state index contributed by atoms with van der Waals surface area (Å²) in [6.07, 6.45) is 0.855. The summed E-state index contributed by atoms with van der Waals surface area (Å²) in [5.74, 6) is -0.466. The van der Waals surface area contributed by atoms with Crippen LogP contribution in [0.3, 0.4) is 0 Å². The highest BCUT2D eigenvalue weighted by atomic mass is 19.1. The number of nitrogens with zero attached hydrogens (tertiary/aromatic N) is 1. The van der Waals surface area contributed by atoms with Crippen LogP contribution in [0.15, 0.2) is 36.4 Å². The van der Waals surface area contributed by atoms with E-state index in [4.69, 9.17) is 0 Å². The maximum Gasteiger partial charge on any atom is 0.226 e. The Labute approximate surface area is 160 Å². The van der Waals surface area contributed by atoms with E-state index in [0.29, 0.717) is 19.5 Å². The standard InChI is InChI=1S/C22H27FN2O2/c1-15-13-16(2)22(17(3)14-15)24-21(27)10-12-25(18(4)26)11-9-19-5-7-20(23)8-6-19/h5-8,13-14H,9-12H2,1-4H3,(H,24,27). The van der Waals surface area contributed by atoms with Gasteiger partial charge in [0.2, 0.25) is 11.8 Å². The minimum absolute atomic E-state index is 0.0763. The van der Waals surface area contributed by atoms with Crippen LogP contribution in [0.5, 0.6) is 0 Å². The van der Waals surface area contributed by atoms with E-state index in [9.17, 15) is 14.0 Å². The second-order valence-corrected chi connectivity index (χ2v) is 6.95. The Balaban J connectivity index is 1.90. The first-order valence-electron chi connectivity index (χ1n) is 9.14. The summed E-state index contributed by atoms with van der Waals surface area (Å²) in [6.45, 7) is 8.32. The molecular formula is C22H27FN2O2. The highest BCUT2D eigenvalue weighted by Gasteiger charge is 2.13. The van der Waals surface area contributed by atoms with E-state index >= 15 is 0 Å². The second-order valence-electron chi connectivity index (χ2n) is 6.95. The fourth-order valence-electron chi connectivity index (χ4n) is 3.16. The minimum Gasteiger partial charge on any atom is -0.342 e. The van der Waals surface area contributed by atoms with Crippen LogP contribution in [-0.4, -0.2) is 29.8 Å². The van der Waals surface area contributed by atoms with Gasteiger partial charge in [-0.15, -0.1) is 0 Å². The monoisotopic (exact) mass is 370 g/mol. The highest BCUT2D eigenvalue weighted by Crippen LogP contribution is 2.22. The summed E-state index contributed by atoms with van der Waals surface area (Å²) in [4.78, 5) is 25.9. The molecule has 0 spiro atoms. The molecule has 2 rings (SSSR count). The highest BCUT2D eigenvalue weighted by molar-refractivity contribution is 5.92. The van der Waals surface area contributed by atoms with Gasteiger partial charge in [-0.3, -0.25) is 9.59 Å². The molecule has 0 bridgehead atoms. The normalized spacial score (nSPS) is 10.6. The average molecular weight is 370 g/mol. The molecule has 27 heavy (non-hydrogen) atoms. The zero-order valence-electron chi connectivity index (χ0n) is 16.4. The topological polar surface area (TPSA) is 49.4 Å². The molecule has 0 atom stereocenters. The van der Waals surface area contributed by atoms with Crippen LogP contribution in [0, 0.1) is 26.6 Å². The fraction of sp³-hybridized carbons (Fsp3) is 0.364. The minimum atomic E-state index is -0.277. The first-order chi connectivity index (χ1) is 12.8. The summed E-state index contributed by atoms with van der Waals surface area (Å²) in [5.41, 5.74) is 5.01. The largest absolute Gasteiger partial charge is 0.342 e. The van der Waals surface area contributed by atoms with Crippen molar-refractivity contribution in [2.24, 2.45) is 0 Å². The van der Waals surface area contributed by atoms with E-state index in [1.54, 1.807) is 17.0 Å². The smallest absolute Gasteiger partial charge is 0.226 e. The van der Waals surface area contributed by atoms with Gasteiger partial charge >= 0.3 is 0 Å². The van der Waals surface area contributed by atoms with Gasteiger partial charge in [-0.1, -0.05) is 29.8 Å². The zero-order chi connectivity index (χ0) is 20.0. The number of nitrogens with one attached hydrogen (secondary N) is 1. The van der Waals surface area contributed by atoms with Crippen molar-refractivity contribution in [2.75, 3.05) is 18.4 Å². The molecule has 0 fully saturated rings. The molecule has 4 nitrogen and oxygen atoms in total. The van der Waals surface area contributed by atoms with E-state index in [-0.39, 0.29) is 24.1 Å². The lowest BCUT2D eigenvalue weighted by molar-refractivity contribution is -0.129. The van der Waals surface area contributed by atoms with Gasteiger partial charge in [-0.05, 0) is 56.0 Å². The van der Waals surface area contributed by atoms with Crippen molar-refractivity contribution in [2.45, 2.75) is 40.5 Å². The molecule has 0 aliphatic carbocycles. The molecule has 0 aliphatic rings. The maximum absolute atomic E-state index is 13.0. The van der Waals surface area contributed by atoms with E-state index in [2.05, 4.69) is 5.32 Å². The molecule has 0 saturated carbocycles. The van der Waals surface area contributed by atoms with Gasteiger partial charge in [0.05, 0.1) is 0 Å². The third-order valence-electron chi connectivity index (χ3n) is 4.58. The molecule has 0 aromatic heterocycles. The van der Waals surface area contributed by atoms with Crippen LogP contribution in [0.25, 0.3) is 0 Å². The van der Waals surface area contributed by atoms with E-state index < -0.39 is 0 Å². The molecule has 0 saturated heterocycles. The number of carbonyl (C=O) groups is 2. The van der Waals surface area contributed by atoms with Crippen molar-refractivity contribution in [1.82, 2.24) is 4.90 Å². The van der Waals surface area contributed by atoms with Crippen molar-refractivity contribution in [3.8, 4) is 0 Å².